The molecule has 0 aliphatic heterocycles. The van der Waals surface area contributed by atoms with Crippen LogP contribution in [-0.2, 0) is 26.5 Å². The molecule has 0 spiro atoms. The zero-order chi connectivity index (χ0) is 36.9. The van der Waals surface area contributed by atoms with E-state index in [4.69, 9.17) is 9.40 Å². The average molecular weight is 865 g/mol. The Morgan fingerprint density at radius 3 is 2.16 bits per heavy atom. The average Bonchev–Trinajstić information content (AvgIpc) is 3.65. The molecule has 4 aromatic carbocycles. The van der Waals surface area contributed by atoms with E-state index in [1.54, 1.807) is 11.3 Å². The second-order valence-corrected chi connectivity index (χ2v) is 15.3. The maximum Gasteiger partial charge on any atom is 0.138 e. The number of nitrogens with zero attached hydrogens (tertiary/aromatic N) is 2. The maximum absolute atomic E-state index is 9.28. The Bertz CT molecular complexity index is 2560. The van der Waals surface area contributed by atoms with Crippen LogP contribution in [0.5, 0.6) is 0 Å². The Kier molecular flexibility index (Phi) is 9.70. The largest absolute Gasteiger partial charge is 0.499 e. The number of rotatable bonds is 4. The molecular weight excluding hydrogens is 821 g/mol. The number of aromatic nitrogens is 2. The normalized spacial score (nSPS) is 12.3. The number of aryl methyl sites for hydroxylation is 5. The van der Waals surface area contributed by atoms with Gasteiger partial charge in [-0.3, -0.25) is 0 Å². The number of benzene rings is 4. The molecule has 8 aromatic rings. The summed E-state index contributed by atoms with van der Waals surface area (Å²) in [6.07, 6.45) is 2.09. The zero-order valence-electron chi connectivity index (χ0n) is 32.3. The van der Waals surface area contributed by atoms with Crippen LogP contribution in [0.1, 0.15) is 56.2 Å². The first-order valence-electron chi connectivity index (χ1n) is 18.0. The van der Waals surface area contributed by atoms with Crippen LogP contribution in [0.2, 0.25) is 0 Å². The van der Waals surface area contributed by atoms with Gasteiger partial charge in [0.05, 0.1) is 10.3 Å². The van der Waals surface area contributed by atoms with E-state index < -0.39 is 11.8 Å². The minimum Gasteiger partial charge on any atom is -0.499 e. The molecule has 51 heavy (non-hydrogen) atoms. The first-order chi connectivity index (χ1) is 24.8. The van der Waals surface area contributed by atoms with Gasteiger partial charge in [-0.2, -0.15) is 0 Å². The predicted molar refractivity (Wildman–Crippen MR) is 212 cm³/mol. The van der Waals surface area contributed by atoms with E-state index in [0.29, 0.717) is 11.3 Å². The summed E-state index contributed by atoms with van der Waals surface area (Å²) in [5.74, 6) is 0. The molecule has 0 aliphatic rings. The van der Waals surface area contributed by atoms with Crippen molar-refractivity contribution in [3.05, 3.63) is 142 Å². The van der Waals surface area contributed by atoms with Crippen molar-refractivity contribution < 1.29 is 27.3 Å². The molecule has 5 heteroatoms. The van der Waals surface area contributed by atoms with Gasteiger partial charge in [0.25, 0.3) is 0 Å². The Hall–Kier alpha value is -4.41. The summed E-state index contributed by atoms with van der Waals surface area (Å²) in [6, 6.07) is 34.9. The van der Waals surface area contributed by atoms with Crippen LogP contribution in [0.15, 0.2) is 102 Å². The molecule has 8 rings (SSSR count). The van der Waals surface area contributed by atoms with Gasteiger partial charge >= 0.3 is 0 Å². The molecular formula is C46H42IrN2OS-2. The van der Waals surface area contributed by atoms with Crippen LogP contribution in [0, 0.1) is 52.2 Å². The molecule has 0 N–H and O–H groups in total. The van der Waals surface area contributed by atoms with Crippen molar-refractivity contribution >= 4 is 43.4 Å². The molecule has 4 aromatic heterocycles. The third-order valence-corrected chi connectivity index (χ3v) is 10.3. The van der Waals surface area contributed by atoms with Crippen LogP contribution in [0.4, 0.5) is 0 Å². The summed E-state index contributed by atoms with van der Waals surface area (Å²) < 4.78 is 26.3. The summed E-state index contributed by atoms with van der Waals surface area (Å²) in [6.45, 7) is 16.3. The number of fused-ring (bicyclic) bond motifs is 5. The van der Waals surface area contributed by atoms with Gasteiger partial charge in [-0.05, 0) is 96.6 Å². The number of furan rings is 1. The van der Waals surface area contributed by atoms with Crippen molar-refractivity contribution in [1.29, 1.82) is 0 Å². The fourth-order valence-electron chi connectivity index (χ4n) is 6.50. The quantitative estimate of drug-likeness (QED) is 0.165. The Morgan fingerprint density at radius 1 is 0.745 bits per heavy atom. The number of hydrogen-bond donors (Lipinski definition) is 0. The molecule has 259 valence electrons. The molecule has 0 aliphatic carbocycles. The van der Waals surface area contributed by atoms with Crippen LogP contribution < -0.4 is 0 Å². The molecule has 0 fully saturated rings. The number of thiophene rings is 1. The second-order valence-electron chi connectivity index (χ2n) is 14.1. The Balaban J connectivity index is 0.000000289. The number of pyridine rings is 2. The maximum atomic E-state index is 9.28. The van der Waals surface area contributed by atoms with E-state index >= 15 is 0 Å². The Labute approximate surface area is 322 Å². The predicted octanol–water partition coefficient (Wildman–Crippen LogP) is 13.0. The fraction of sp³-hybridized carbons (Fsp3) is 0.217. The summed E-state index contributed by atoms with van der Waals surface area (Å²) in [5, 5.41) is 3.32. The molecule has 0 bridgehead atoms. The second kappa shape index (κ2) is 14.7. The van der Waals surface area contributed by atoms with Gasteiger partial charge in [0.15, 0.2) is 0 Å². The van der Waals surface area contributed by atoms with Gasteiger partial charge in [0, 0.05) is 51.1 Å². The van der Waals surface area contributed by atoms with Crippen molar-refractivity contribution in [2.75, 3.05) is 0 Å². The fourth-order valence-corrected chi connectivity index (χ4v) is 7.65. The van der Waals surface area contributed by atoms with Crippen molar-refractivity contribution in [3.8, 4) is 33.6 Å². The molecule has 4 heterocycles. The van der Waals surface area contributed by atoms with Gasteiger partial charge in [-0.15, -0.1) is 65.4 Å². The molecule has 0 atom stereocenters. The smallest absolute Gasteiger partial charge is 0.138 e. The molecule has 0 unspecified atom stereocenters. The van der Waals surface area contributed by atoms with Gasteiger partial charge in [0.1, 0.15) is 5.58 Å². The molecule has 1 radical (unpaired) electrons. The molecule has 0 saturated heterocycles. The van der Waals surface area contributed by atoms with E-state index in [2.05, 4.69) is 75.1 Å². The van der Waals surface area contributed by atoms with E-state index in [-0.39, 0.29) is 20.1 Å². The molecule has 0 saturated carbocycles. The third kappa shape index (κ3) is 7.35. The van der Waals surface area contributed by atoms with Gasteiger partial charge < -0.3 is 14.4 Å². The summed E-state index contributed by atoms with van der Waals surface area (Å²) in [5.41, 5.74) is 11.6. The minimum atomic E-state index is -1.62. The third-order valence-electron chi connectivity index (χ3n) is 9.06. The monoisotopic (exact) mass is 865 g/mol. The van der Waals surface area contributed by atoms with Crippen molar-refractivity contribution in [1.82, 2.24) is 9.97 Å². The van der Waals surface area contributed by atoms with E-state index in [1.165, 1.54) is 21.4 Å². The topological polar surface area (TPSA) is 38.9 Å². The number of hydrogen-bond acceptors (Lipinski definition) is 4. The van der Waals surface area contributed by atoms with Crippen LogP contribution >= 0.6 is 11.3 Å². The van der Waals surface area contributed by atoms with Crippen LogP contribution in [0.25, 0.3) is 65.7 Å². The first kappa shape index (κ1) is 33.7. The van der Waals surface area contributed by atoms with E-state index in [1.807, 2.05) is 94.7 Å². The van der Waals surface area contributed by atoms with Gasteiger partial charge in [-0.1, -0.05) is 80.3 Å². The zero-order valence-corrected chi connectivity index (χ0v) is 33.5. The molecule has 3 nitrogen and oxygen atoms in total. The van der Waals surface area contributed by atoms with E-state index in [9.17, 15) is 2.74 Å². The van der Waals surface area contributed by atoms with E-state index in [0.717, 1.165) is 65.7 Å². The Morgan fingerprint density at radius 2 is 1.47 bits per heavy atom. The van der Waals surface area contributed by atoms with Gasteiger partial charge in [-0.25, -0.2) is 0 Å². The molecule has 0 amide bonds. The minimum absolute atomic E-state index is 0. The summed E-state index contributed by atoms with van der Waals surface area (Å²) in [7, 11) is 0. The van der Waals surface area contributed by atoms with Crippen molar-refractivity contribution in [3.63, 3.8) is 0 Å². The standard InChI is InChI=1S/C34H32NOS.C12H10N.Ir/c1-19-10-8-11-20(2)30(19)28-18-35-29(16-23(28)17-34(5,6)7)27-13-9-12-25-26-15-14-24-21(3)22(4)37-33(24)32(26)36-31(25)27;1-10-7-8-12(13-9-10)11-5-3-2-4-6-11;/h8-12,14-16,18H,17H2,1-7H3;2-5,7-9H,1H3;/q2*-1;/i17D2;;. The van der Waals surface area contributed by atoms with Crippen molar-refractivity contribution in [2.24, 2.45) is 5.41 Å². The van der Waals surface area contributed by atoms with Crippen LogP contribution in [0.3, 0.4) is 0 Å². The summed E-state index contributed by atoms with van der Waals surface area (Å²) >= 11 is 1.77. The van der Waals surface area contributed by atoms with Crippen molar-refractivity contribution in [2.45, 2.75) is 61.8 Å². The van der Waals surface area contributed by atoms with Crippen LogP contribution in [-0.4, -0.2) is 9.97 Å². The SMILES string of the molecule is Cc1ccc(-c2[c-]cccc2)nc1.[2H]C([2H])(c1cc(-c2[c-]ccc3c2oc2c3ccc3c(C)c(C)sc32)ncc1-c1c(C)cccc1C)C(C)(C)C.[Ir]. The van der Waals surface area contributed by atoms with Gasteiger partial charge in [0.2, 0.25) is 0 Å². The summed E-state index contributed by atoms with van der Waals surface area (Å²) in [4.78, 5) is 10.5. The first-order valence-corrected chi connectivity index (χ1v) is 17.8.